The van der Waals surface area contributed by atoms with Crippen LogP contribution >= 0.6 is 11.8 Å². The van der Waals surface area contributed by atoms with Crippen molar-refractivity contribution >= 4 is 35.0 Å². The van der Waals surface area contributed by atoms with Crippen LogP contribution < -0.4 is 15.4 Å². The number of aromatic nitrogens is 3. The lowest BCUT2D eigenvalue weighted by molar-refractivity contribution is -0.113. The molecular weight excluding hydrogens is 450 g/mol. The van der Waals surface area contributed by atoms with Gasteiger partial charge in [0.25, 0.3) is 5.91 Å². The number of carbonyl (C=O) groups is 2. The first-order valence-corrected chi connectivity index (χ1v) is 11.5. The number of anilines is 2. The van der Waals surface area contributed by atoms with Gasteiger partial charge in [0, 0.05) is 11.8 Å². The summed E-state index contributed by atoms with van der Waals surface area (Å²) in [5.41, 5.74) is 3.37. The molecule has 1 aromatic heterocycles. The van der Waals surface area contributed by atoms with E-state index in [0.29, 0.717) is 27.8 Å². The Hall–Kier alpha value is -4.11. The molecule has 2 N–H and O–H groups in total. The summed E-state index contributed by atoms with van der Waals surface area (Å²) < 4.78 is 7.05. The predicted octanol–water partition coefficient (Wildman–Crippen LogP) is 4.57. The number of hydrogen-bond acceptors (Lipinski definition) is 6. The number of thioether (sulfide) groups is 1. The van der Waals surface area contributed by atoms with E-state index >= 15 is 0 Å². The Labute approximate surface area is 201 Å². The van der Waals surface area contributed by atoms with E-state index in [4.69, 9.17) is 4.74 Å². The van der Waals surface area contributed by atoms with E-state index in [1.165, 1.54) is 11.8 Å². The Morgan fingerprint density at radius 3 is 2.65 bits per heavy atom. The fourth-order valence-electron chi connectivity index (χ4n) is 3.29. The van der Waals surface area contributed by atoms with Crippen LogP contribution in [0.1, 0.15) is 15.9 Å². The first-order chi connectivity index (χ1) is 16.5. The van der Waals surface area contributed by atoms with E-state index in [-0.39, 0.29) is 17.6 Å². The number of nitrogens with one attached hydrogen (secondary N) is 2. The van der Waals surface area contributed by atoms with Gasteiger partial charge in [0.1, 0.15) is 12.1 Å². The maximum absolute atomic E-state index is 12.8. The monoisotopic (exact) mass is 473 g/mol. The lowest BCUT2D eigenvalue weighted by Gasteiger charge is -2.12. The molecule has 0 unspecified atom stereocenters. The first kappa shape index (κ1) is 23.1. The largest absolute Gasteiger partial charge is 0.497 e. The Morgan fingerprint density at radius 2 is 1.82 bits per heavy atom. The van der Waals surface area contributed by atoms with Crippen molar-refractivity contribution in [2.75, 3.05) is 23.5 Å². The molecule has 0 atom stereocenters. The molecule has 0 aliphatic carbocycles. The molecule has 0 fully saturated rings. The highest BCUT2D eigenvalue weighted by Crippen LogP contribution is 2.23. The lowest BCUT2D eigenvalue weighted by atomic mass is 10.1. The molecule has 172 valence electrons. The Balaban J connectivity index is 1.42. The molecule has 34 heavy (non-hydrogen) atoms. The van der Waals surface area contributed by atoms with Crippen molar-refractivity contribution < 1.29 is 14.3 Å². The van der Waals surface area contributed by atoms with Crippen LogP contribution in [0.3, 0.4) is 0 Å². The van der Waals surface area contributed by atoms with Gasteiger partial charge >= 0.3 is 0 Å². The molecule has 0 aliphatic rings. The molecule has 4 rings (SSSR count). The highest BCUT2D eigenvalue weighted by Gasteiger charge is 2.15. The number of amides is 2. The quantitative estimate of drug-likeness (QED) is 0.364. The summed E-state index contributed by atoms with van der Waals surface area (Å²) in [5.74, 6) is 0.240. The van der Waals surface area contributed by atoms with Crippen LogP contribution in [0.5, 0.6) is 5.75 Å². The van der Waals surface area contributed by atoms with Crippen LogP contribution in [0, 0.1) is 6.92 Å². The van der Waals surface area contributed by atoms with Gasteiger partial charge in [0.05, 0.1) is 29.8 Å². The van der Waals surface area contributed by atoms with Crippen LogP contribution in [0.15, 0.2) is 84.3 Å². The van der Waals surface area contributed by atoms with E-state index < -0.39 is 0 Å². The highest BCUT2D eigenvalue weighted by molar-refractivity contribution is 7.99. The van der Waals surface area contributed by atoms with Crippen LogP contribution in [0.2, 0.25) is 0 Å². The summed E-state index contributed by atoms with van der Waals surface area (Å²) in [6, 6.07) is 21.9. The lowest BCUT2D eigenvalue weighted by Crippen LogP contribution is -2.19. The van der Waals surface area contributed by atoms with Gasteiger partial charge in [-0.1, -0.05) is 42.1 Å². The number of benzene rings is 3. The van der Waals surface area contributed by atoms with Crippen molar-refractivity contribution in [2.45, 2.75) is 12.1 Å². The first-order valence-electron chi connectivity index (χ1n) is 10.5. The molecule has 0 aliphatic heterocycles. The zero-order chi connectivity index (χ0) is 23.9. The van der Waals surface area contributed by atoms with E-state index in [9.17, 15) is 9.59 Å². The van der Waals surface area contributed by atoms with Crippen molar-refractivity contribution in [3.63, 3.8) is 0 Å². The van der Waals surface area contributed by atoms with Gasteiger partial charge in [-0.3, -0.25) is 14.2 Å². The highest BCUT2D eigenvalue weighted by atomic mass is 32.2. The zero-order valence-electron chi connectivity index (χ0n) is 18.7. The minimum absolute atomic E-state index is 0.0937. The molecule has 8 nitrogen and oxygen atoms in total. The minimum Gasteiger partial charge on any atom is -0.497 e. The van der Waals surface area contributed by atoms with Gasteiger partial charge in [-0.2, -0.15) is 0 Å². The molecule has 0 saturated heterocycles. The predicted molar refractivity (Wildman–Crippen MR) is 133 cm³/mol. The number of methoxy groups -OCH3 is 1. The van der Waals surface area contributed by atoms with Gasteiger partial charge in [-0.25, -0.2) is 0 Å². The number of aryl methyl sites for hydroxylation is 1. The van der Waals surface area contributed by atoms with Gasteiger partial charge in [0.2, 0.25) is 5.91 Å². The third kappa shape index (κ3) is 5.62. The van der Waals surface area contributed by atoms with E-state index in [1.54, 1.807) is 42.3 Å². The normalized spacial score (nSPS) is 10.5. The molecule has 1 heterocycles. The average molecular weight is 474 g/mol. The van der Waals surface area contributed by atoms with Crippen molar-refractivity contribution in [1.82, 2.24) is 14.8 Å². The SMILES string of the molecule is COc1cccc(-n2cnnc2SCC(=O)Nc2ccccc2C(=O)Nc2cccc(C)c2)c1. The van der Waals surface area contributed by atoms with Crippen molar-refractivity contribution in [2.24, 2.45) is 0 Å². The second-order valence-corrected chi connectivity index (χ2v) is 8.33. The fraction of sp³-hybridized carbons (Fsp3) is 0.120. The van der Waals surface area contributed by atoms with Gasteiger partial charge < -0.3 is 15.4 Å². The van der Waals surface area contributed by atoms with Gasteiger partial charge in [-0.15, -0.1) is 10.2 Å². The van der Waals surface area contributed by atoms with Crippen LogP contribution in [0.25, 0.3) is 5.69 Å². The number of rotatable bonds is 8. The zero-order valence-corrected chi connectivity index (χ0v) is 19.5. The molecule has 0 radical (unpaired) electrons. The topological polar surface area (TPSA) is 98.1 Å². The second kappa shape index (κ2) is 10.7. The van der Waals surface area contributed by atoms with Crippen LogP contribution in [0.4, 0.5) is 11.4 Å². The summed E-state index contributed by atoms with van der Waals surface area (Å²) in [5, 5.41) is 14.4. The summed E-state index contributed by atoms with van der Waals surface area (Å²) >= 11 is 1.24. The van der Waals surface area contributed by atoms with Crippen LogP contribution in [-0.2, 0) is 4.79 Å². The number of ether oxygens (including phenoxy) is 1. The number of nitrogens with zero attached hydrogens (tertiary/aromatic N) is 3. The van der Waals surface area contributed by atoms with E-state index in [0.717, 1.165) is 11.3 Å². The molecule has 3 aromatic carbocycles. The molecule has 0 saturated carbocycles. The maximum Gasteiger partial charge on any atom is 0.257 e. The smallest absolute Gasteiger partial charge is 0.257 e. The van der Waals surface area contributed by atoms with E-state index in [2.05, 4.69) is 20.8 Å². The number of para-hydroxylation sites is 1. The van der Waals surface area contributed by atoms with Gasteiger partial charge in [0.15, 0.2) is 5.16 Å². The Bertz CT molecular complexity index is 1320. The van der Waals surface area contributed by atoms with Gasteiger partial charge in [-0.05, 0) is 48.9 Å². The molecule has 4 aromatic rings. The Morgan fingerprint density at radius 1 is 1.00 bits per heavy atom. The van der Waals surface area contributed by atoms with Crippen molar-refractivity contribution in [1.29, 1.82) is 0 Å². The van der Waals surface area contributed by atoms with Crippen molar-refractivity contribution in [3.05, 3.63) is 90.3 Å². The molecule has 0 spiro atoms. The fourth-order valence-corrected chi connectivity index (χ4v) is 4.02. The summed E-state index contributed by atoms with van der Waals surface area (Å²) in [7, 11) is 1.60. The van der Waals surface area contributed by atoms with Crippen LogP contribution in [-0.4, -0.2) is 39.4 Å². The van der Waals surface area contributed by atoms with Crippen molar-refractivity contribution in [3.8, 4) is 11.4 Å². The summed E-state index contributed by atoms with van der Waals surface area (Å²) in [6.07, 6.45) is 1.58. The maximum atomic E-state index is 12.8. The third-order valence-electron chi connectivity index (χ3n) is 4.90. The second-order valence-electron chi connectivity index (χ2n) is 7.39. The molecule has 2 amide bonds. The third-order valence-corrected chi connectivity index (χ3v) is 5.85. The van der Waals surface area contributed by atoms with E-state index in [1.807, 2.05) is 55.5 Å². The molecule has 0 bridgehead atoms. The number of hydrogen-bond donors (Lipinski definition) is 2. The summed E-state index contributed by atoms with van der Waals surface area (Å²) in [4.78, 5) is 25.5. The summed E-state index contributed by atoms with van der Waals surface area (Å²) in [6.45, 7) is 1.95. The molecular formula is C25H23N5O3S. The number of carbonyl (C=O) groups excluding carboxylic acids is 2. The average Bonchev–Trinajstić information content (AvgIpc) is 3.32. The molecule has 9 heteroatoms. The minimum atomic E-state index is -0.299. The standard InChI is InChI=1S/C25H23N5O3S/c1-17-7-5-8-18(13-17)27-24(32)21-11-3-4-12-22(21)28-23(31)15-34-25-29-26-16-30(25)19-9-6-10-20(14-19)33-2/h3-14,16H,15H2,1-2H3,(H,27,32)(H,28,31). The Kier molecular flexibility index (Phi) is 7.24.